The Morgan fingerprint density at radius 3 is 2.03 bits per heavy atom. The molecule has 1 saturated heterocycles. The van der Waals surface area contributed by atoms with Crippen LogP contribution in [0.25, 0.3) is 0 Å². The lowest BCUT2D eigenvalue weighted by Crippen LogP contribution is -2.47. The number of allylic oxidation sites excluding steroid dienone is 2. The number of benzene rings is 1. The molecule has 0 radical (unpaired) electrons. The van der Waals surface area contributed by atoms with Crippen LogP contribution in [-0.2, 0) is 28.7 Å². The molecule has 7 nitrogen and oxygen atoms in total. The van der Waals surface area contributed by atoms with Crippen molar-refractivity contribution in [3.05, 3.63) is 41.5 Å². The minimum absolute atomic E-state index is 0.0994. The molecular formula is C27H35NO6Si. The monoisotopic (exact) mass is 497 g/mol. The first-order chi connectivity index (χ1) is 16.7. The summed E-state index contributed by atoms with van der Waals surface area (Å²) in [5.74, 6) is -2.48. The van der Waals surface area contributed by atoms with Crippen molar-refractivity contribution in [3.63, 3.8) is 0 Å². The molecule has 0 N–H and O–H groups in total. The quantitative estimate of drug-likeness (QED) is 0.181. The minimum Gasteiger partial charge on any atom is -0.468 e. The second-order valence-electron chi connectivity index (χ2n) is 10.1. The Morgan fingerprint density at radius 1 is 0.943 bits per heavy atom. The third kappa shape index (κ3) is 3.60. The van der Waals surface area contributed by atoms with Gasteiger partial charge in [-0.15, -0.1) is 0 Å². The van der Waals surface area contributed by atoms with Crippen LogP contribution >= 0.6 is 0 Å². The molecule has 0 bridgehead atoms. The third-order valence-corrected chi connectivity index (χ3v) is 15.3. The van der Waals surface area contributed by atoms with E-state index in [1.54, 1.807) is 12.1 Å². The molecule has 35 heavy (non-hydrogen) atoms. The van der Waals surface area contributed by atoms with Crippen molar-refractivity contribution < 1.29 is 28.7 Å². The molecule has 188 valence electrons. The lowest BCUT2D eigenvalue weighted by atomic mass is 9.77. The van der Waals surface area contributed by atoms with Gasteiger partial charge in [0.1, 0.15) is 0 Å². The first-order valence-electron chi connectivity index (χ1n) is 12.6. The minimum atomic E-state index is -2.10. The summed E-state index contributed by atoms with van der Waals surface area (Å²) in [5, 5.41) is 0. The van der Waals surface area contributed by atoms with Crippen LogP contribution in [-0.4, -0.2) is 46.0 Å². The number of methoxy groups -OCH3 is 2. The van der Waals surface area contributed by atoms with Gasteiger partial charge in [0.15, 0.2) is 5.41 Å². The topological polar surface area (TPSA) is 90.0 Å². The highest BCUT2D eigenvalue weighted by atomic mass is 28.3. The molecule has 4 rings (SSSR count). The van der Waals surface area contributed by atoms with E-state index >= 15 is 0 Å². The number of rotatable bonds is 7. The van der Waals surface area contributed by atoms with Crippen molar-refractivity contribution in [1.29, 1.82) is 0 Å². The summed E-state index contributed by atoms with van der Waals surface area (Å²) in [4.78, 5) is 55.1. The molecule has 1 aliphatic heterocycles. The van der Waals surface area contributed by atoms with Crippen molar-refractivity contribution in [3.8, 4) is 0 Å². The lowest BCUT2D eigenvalue weighted by molar-refractivity contribution is -0.168. The molecule has 2 amide bonds. The van der Waals surface area contributed by atoms with E-state index in [0.717, 1.165) is 29.3 Å². The number of para-hydroxylation sites is 1. The normalized spacial score (nSPS) is 25.4. The summed E-state index contributed by atoms with van der Waals surface area (Å²) >= 11 is 0. The summed E-state index contributed by atoms with van der Waals surface area (Å²) in [7, 11) is 0.460. The molecule has 0 unspecified atom stereocenters. The Balaban J connectivity index is 1.86. The Labute approximate surface area is 207 Å². The van der Waals surface area contributed by atoms with E-state index in [1.165, 1.54) is 19.1 Å². The van der Waals surface area contributed by atoms with Gasteiger partial charge in [0.25, 0.3) is 0 Å². The number of imide groups is 1. The van der Waals surface area contributed by atoms with Gasteiger partial charge in [-0.05, 0) is 36.9 Å². The number of ether oxygens (including phenoxy) is 2. The Kier molecular flexibility index (Phi) is 6.79. The van der Waals surface area contributed by atoms with E-state index in [1.807, 2.05) is 18.2 Å². The van der Waals surface area contributed by atoms with Crippen molar-refractivity contribution in [2.75, 3.05) is 19.1 Å². The van der Waals surface area contributed by atoms with Gasteiger partial charge in [0.2, 0.25) is 11.8 Å². The first-order valence-corrected chi connectivity index (χ1v) is 15.3. The number of carbonyl (C=O) groups excluding carboxylic acids is 4. The van der Waals surface area contributed by atoms with Crippen molar-refractivity contribution in [1.82, 2.24) is 0 Å². The zero-order chi connectivity index (χ0) is 25.5. The van der Waals surface area contributed by atoms with Crippen molar-refractivity contribution in [2.45, 2.75) is 63.7 Å². The van der Waals surface area contributed by atoms with E-state index in [0.29, 0.717) is 12.1 Å². The molecule has 0 spiro atoms. The fourth-order valence-electron chi connectivity index (χ4n) is 7.10. The number of anilines is 1. The van der Waals surface area contributed by atoms with Gasteiger partial charge in [-0.25, -0.2) is 0 Å². The molecule has 3 atom stereocenters. The summed E-state index contributed by atoms with van der Waals surface area (Å²) in [6.45, 7) is 6.55. The van der Waals surface area contributed by atoms with Crippen LogP contribution in [0.5, 0.6) is 0 Å². The van der Waals surface area contributed by atoms with Gasteiger partial charge in [-0.2, -0.15) is 0 Å². The Morgan fingerprint density at radius 2 is 1.51 bits per heavy atom. The number of nitrogens with zero attached hydrogens (tertiary/aromatic N) is 1. The summed E-state index contributed by atoms with van der Waals surface area (Å²) in [6.07, 6.45) is 0.786. The lowest BCUT2D eigenvalue weighted by Gasteiger charge is -2.45. The highest BCUT2D eigenvalue weighted by Gasteiger charge is 2.64. The molecule has 1 aromatic carbocycles. The number of amides is 2. The van der Waals surface area contributed by atoms with Gasteiger partial charge >= 0.3 is 11.9 Å². The fourth-order valence-corrected chi connectivity index (χ4v) is 12.1. The smallest absolute Gasteiger partial charge is 0.323 e. The van der Waals surface area contributed by atoms with Crippen molar-refractivity contribution in [2.24, 2.45) is 17.3 Å². The molecule has 2 aliphatic carbocycles. The largest absolute Gasteiger partial charge is 0.468 e. The van der Waals surface area contributed by atoms with Gasteiger partial charge in [-0.1, -0.05) is 68.2 Å². The maximum absolute atomic E-state index is 14.0. The summed E-state index contributed by atoms with van der Waals surface area (Å²) < 4.78 is 10.2. The third-order valence-electron chi connectivity index (χ3n) is 9.08. The number of esters is 2. The highest BCUT2D eigenvalue weighted by Crippen LogP contribution is 2.62. The van der Waals surface area contributed by atoms with Crippen LogP contribution in [0, 0.1) is 17.3 Å². The second kappa shape index (κ2) is 9.37. The second-order valence-corrected chi connectivity index (χ2v) is 15.6. The predicted molar refractivity (Wildman–Crippen MR) is 134 cm³/mol. The van der Waals surface area contributed by atoms with Crippen LogP contribution in [0.2, 0.25) is 23.7 Å². The summed E-state index contributed by atoms with van der Waals surface area (Å²) in [5.41, 5.74) is 1.07. The maximum Gasteiger partial charge on any atom is 0.323 e. The van der Waals surface area contributed by atoms with E-state index in [9.17, 15) is 19.2 Å². The Bertz CT molecular complexity index is 1050. The fraction of sp³-hybridized carbons (Fsp3) is 0.556. The molecule has 0 aromatic heterocycles. The molecule has 1 heterocycles. The van der Waals surface area contributed by atoms with E-state index in [4.69, 9.17) is 9.47 Å². The zero-order valence-electron chi connectivity index (χ0n) is 21.3. The van der Waals surface area contributed by atoms with Gasteiger partial charge in [0.05, 0.1) is 39.8 Å². The average Bonchev–Trinajstić information content (AvgIpc) is 3.40. The molecule has 8 heteroatoms. The van der Waals surface area contributed by atoms with E-state index in [-0.39, 0.29) is 30.2 Å². The van der Waals surface area contributed by atoms with Crippen LogP contribution < -0.4 is 4.90 Å². The zero-order valence-corrected chi connectivity index (χ0v) is 22.3. The van der Waals surface area contributed by atoms with Gasteiger partial charge in [0, 0.05) is 0 Å². The summed E-state index contributed by atoms with van der Waals surface area (Å²) in [6, 6.07) is 12.0. The van der Waals surface area contributed by atoms with Crippen LogP contribution in [0.4, 0.5) is 5.69 Å². The Hall–Kier alpha value is -2.74. The predicted octanol–water partition coefficient (Wildman–Crippen LogP) is 4.50. The van der Waals surface area contributed by atoms with E-state index in [2.05, 4.69) is 20.8 Å². The van der Waals surface area contributed by atoms with Gasteiger partial charge in [-0.3, -0.25) is 24.1 Å². The number of hydrogen-bond donors (Lipinski definition) is 0. The number of hydrogen-bond acceptors (Lipinski definition) is 6. The number of carbonyl (C=O) groups is 4. The van der Waals surface area contributed by atoms with Crippen LogP contribution in [0.3, 0.4) is 0 Å². The maximum atomic E-state index is 14.0. The van der Waals surface area contributed by atoms with Gasteiger partial charge < -0.3 is 9.47 Å². The van der Waals surface area contributed by atoms with Crippen LogP contribution in [0.15, 0.2) is 41.5 Å². The first kappa shape index (κ1) is 25.4. The standard InChI is InChI=1S/C27H35NO6Si/c1-6-35(7-2,8-3)22-20-16-27(25(31)33-4,26(32)34-5)15-17(20)14-19-21(22)24(30)28(23(19)29)18-12-10-9-11-13-18/h9-13,19,21-22H,6-8,14-16H2,1-5H3/t19-,21-,22+/m0/s1. The molecule has 3 aliphatic rings. The number of fused-ring (bicyclic) bond motifs is 1. The molecule has 1 aromatic rings. The SMILES string of the molecule is CC[Si](CC)(CC)[C@@H]1C2=C(C[C@@H]3C(=O)N(c4ccccc4)C(=O)[C@@H]31)CC(C(=O)OC)(C(=O)OC)C2. The average molecular weight is 498 g/mol. The van der Waals surface area contributed by atoms with Crippen molar-refractivity contribution >= 4 is 37.5 Å². The molecule has 0 saturated carbocycles. The van der Waals surface area contributed by atoms with E-state index < -0.39 is 37.3 Å². The molecular weight excluding hydrogens is 462 g/mol. The highest BCUT2D eigenvalue weighted by molar-refractivity contribution is 6.82. The van der Waals surface area contributed by atoms with Crippen LogP contribution in [0.1, 0.15) is 40.0 Å². The molecule has 1 fully saturated rings.